The number of nitrogens with zero attached hydrogens (tertiary/aromatic N) is 1. The molecule has 0 aliphatic heterocycles. The summed E-state index contributed by atoms with van der Waals surface area (Å²) >= 11 is 0. The number of esters is 1. The number of benzene rings is 2. The lowest BCUT2D eigenvalue weighted by Gasteiger charge is -2.29. The molecule has 118 valence electrons. The van der Waals surface area contributed by atoms with Crippen LogP contribution in [0, 0.1) is 0 Å². The van der Waals surface area contributed by atoms with Crippen molar-refractivity contribution in [3.05, 3.63) is 71.8 Å². The van der Waals surface area contributed by atoms with Gasteiger partial charge in [-0.15, -0.1) is 12.4 Å². The second-order valence-electron chi connectivity index (χ2n) is 5.31. The van der Waals surface area contributed by atoms with Crippen LogP contribution in [0.1, 0.15) is 28.9 Å². The van der Waals surface area contributed by atoms with Crippen LogP contribution >= 0.6 is 12.4 Å². The summed E-state index contributed by atoms with van der Waals surface area (Å²) in [6.45, 7) is 2.05. The third-order valence-electron chi connectivity index (χ3n) is 3.62. The van der Waals surface area contributed by atoms with Crippen molar-refractivity contribution in [3.8, 4) is 0 Å². The van der Waals surface area contributed by atoms with Crippen LogP contribution in [0.2, 0.25) is 0 Å². The Morgan fingerprint density at radius 1 is 0.955 bits per heavy atom. The van der Waals surface area contributed by atoms with Gasteiger partial charge in [-0.1, -0.05) is 48.5 Å². The molecule has 0 fully saturated rings. The fourth-order valence-corrected chi connectivity index (χ4v) is 2.12. The number of carbonyl (C=O) groups is 1. The van der Waals surface area contributed by atoms with E-state index < -0.39 is 0 Å². The van der Waals surface area contributed by atoms with Gasteiger partial charge in [0.1, 0.15) is 6.10 Å². The number of halogens is 1. The largest absolute Gasteiger partial charge is 0.452 e. The van der Waals surface area contributed by atoms with Gasteiger partial charge in [0, 0.05) is 6.04 Å². The van der Waals surface area contributed by atoms with Crippen molar-refractivity contribution in [1.29, 1.82) is 0 Å². The van der Waals surface area contributed by atoms with E-state index in [-0.39, 0.29) is 30.5 Å². The average Bonchev–Trinajstić information content (AvgIpc) is 2.53. The molecule has 3 nitrogen and oxygen atoms in total. The molecule has 0 bridgehead atoms. The Labute approximate surface area is 138 Å². The minimum absolute atomic E-state index is 0. The predicted molar refractivity (Wildman–Crippen MR) is 91.4 cm³/mol. The van der Waals surface area contributed by atoms with Gasteiger partial charge >= 0.3 is 5.97 Å². The maximum Gasteiger partial charge on any atom is 0.338 e. The predicted octanol–water partition coefficient (Wildman–Crippen LogP) is 3.96. The third kappa shape index (κ3) is 4.58. The quantitative estimate of drug-likeness (QED) is 0.781. The van der Waals surface area contributed by atoms with E-state index in [9.17, 15) is 4.79 Å². The highest BCUT2D eigenvalue weighted by atomic mass is 35.5. The molecule has 0 radical (unpaired) electrons. The molecule has 0 amide bonds. The molecular weight excluding hydrogens is 298 g/mol. The third-order valence-corrected chi connectivity index (χ3v) is 3.62. The standard InChI is InChI=1S/C18H21NO2.ClH/c1-14(19(2)3)17(15-10-6-4-7-11-15)21-18(20)16-12-8-5-9-13-16;/h4-14,17H,1-3H3;1H. The van der Waals surface area contributed by atoms with Gasteiger partial charge in [-0.3, -0.25) is 0 Å². The first kappa shape index (κ1) is 18.2. The molecule has 0 aromatic heterocycles. The van der Waals surface area contributed by atoms with E-state index in [1.165, 1.54) is 0 Å². The first-order chi connectivity index (χ1) is 10.1. The Bertz CT molecular complexity index is 572. The highest BCUT2D eigenvalue weighted by Gasteiger charge is 2.25. The second-order valence-corrected chi connectivity index (χ2v) is 5.31. The van der Waals surface area contributed by atoms with E-state index in [1.54, 1.807) is 12.1 Å². The van der Waals surface area contributed by atoms with Crippen molar-refractivity contribution >= 4 is 18.4 Å². The lowest BCUT2D eigenvalue weighted by atomic mass is 10.0. The van der Waals surface area contributed by atoms with Gasteiger partial charge in [0.05, 0.1) is 5.56 Å². The van der Waals surface area contributed by atoms with Gasteiger partial charge in [0.2, 0.25) is 0 Å². The molecule has 22 heavy (non-hydrogen) atoms. The van der Waals surface area contributed by atoms with Crippen LogP contribution in [0.4, 0.5) is 0 Å². The SMILES string of the molecule is CC(C(OC(=O)c1ccccc1)c1ccccc1)N(C)C.Cl. The molecule has 2 rings (SSSR count). The van der Waals surface area contributed by atoms with E-state index >= 15 is 0 Å². The van der Waals surface area contributed by atoms with Gasteiger partial charge in [-0.25, -0.2) is 4.79 Å². The Hall–Kier alpha value is -1.84. The second kappa shape index (κ2) is 8.57. The molecule has 0 saturated carbocycles. The van der Waals surface area contributed by atoms with E-state index in [1.807, 2.05) is 62.6 Å². The number of ether oxygens (including phenoxy) is 1. The van der Waals surface area contributed by atoms with Crippen molar-refractivity contribution in [2.45, 2.75) is 19.1 Å². The van der Waals surface area contributed by atoms with Crippen molar-refractivity contribution in [2.75, 3.05) is 14.1 Å². The highest BCUT2D eigenvalue weighted by molar-refractivity contribution is 5.89. The van der Waals surface area contributed by atoms with Crippen LogP contribution < -0.4 is 0 Å². The fourth-order valence-electron chi connectivity index (χ4n) is 2.12. The smallest absolute Gasteiger partial charge is 0.338 e. The van der Waals surface area contributed by atoms with Gasteiger partial charge < -0.3 is 9.64 Å². The summed E-state index contributed by atoms with van der Waals surface area (Å²) in [5.74, 6) is -0.293. The Morgan fingerprint density at radius 3 is 1.95 bits per heavy atom. The van der Waals surface area contributed by atoms with Crippen LogP contribution in [-0.2, 0) is 4.74 Å². The normalized spacial score (nSPS) is 13.1. The minimum atomic E-state index is -0.297. The molecular formula is C18H22ClNO2. The zero-order valence-corrected chi connectivity index (χ0v) is 13.9. The van der Waals surface area contributed by atoms with Crippen LogP contribution in [0.25, 0.3) is 0 Å². The van der Waals surface area contributed by atoms with Crippen LogP contribution in [0.15, 0.2) is 60.7 Å². The summed E-state index contributed by atoms with van der Waals surface area (Å²) in [6.07, 6.45) is -0.297. The molecule has 0 spiro atoms. The lowest BCUT2D eigenvalue weighted by molar-refractivity contribution is 0.00886. The Kier molecular flexibility index (Phi) is 7.09. The topological polar surface area (TPSA) is 29.5 Å². The Morgan fingerprint density at radius 2 is 1.45 bits per heavy atom. The number of carbonyl (C=O) groups excluding carboxylic acids is 1. The van der Waals surface area contributed by atoms with E-state index in [4.69, 9.17) is 4.74 Å². The fraction of sp³-hybridized carbons (Fsp3) is 0.278. The number of rotatable bonds is 5. The summed E-state index contributed by atoms with van der Waals surface area (Å²) in [4.78, 5) is 14.4. The maximum atomic E-state index is 12.3. The number of hydrogen-bond donors (Lipinski definition) is 0. The molecule has 0 N–H and O–H groups in total. The molecule has 2 atom stereocenters. The summed E-state index contributed by atoms with van der Waals surface area (Å²) in [7, 11) is 3.97. The molecule has 0 heterocycles. The van der Waals surface area contributed by atoms with Crippen molar-refractivity contribution < 1.29 is 9.53 Å². The van der Waals surface area contributed by atoms with Crippen LogP contribution in [0.3, 0.4) is 0 Å². The molecule has 0 saturated heterocycles. The zero-order valence-electron chi connectivity index (χ0n) is 13.1. The van der Waals surface area contributed by atoms with E-state index in [2.05, 4.69) is 11.8 Å². The average molecular weight is 320 g/mol. The molecule has 4 heteroatoms. The molecule has 2 unspecified atom stereocenters. The number of likely N-dealkylation sites (N-methyl/N-ethyl adjacent to an activating group) is 1. The zero-order chi connectivity index (χ0) is 15.2. The minimum Gasteiger partial charge on any atom is -0.452 e. The maximum absolute atomic E-state index is 12.3. The summed E-state index contributed by atoms with van der Waals surface area (Å²) in [5.41, 5.74) is 1.58. The summed E-state index contributed by atoms with van der Waals surface area (Å²) < 4.78 is 5.77. The first-order valence-electron chi connectivity index (χ1n) is 7.07. The van der Waals surface area contributed by atoms with Crippen LogP contribution in [0.5, 0.6) is 0 Å². The van der Waals surface area contributed by atoms with Gasteiger partial charge in [-0.2, -0.15) is 0 Å². The molecule has 2 aromatic rings. The van der Waals surface area contributed by atoms with E-state index in [0.29, 0.717) is 5.56 Å². The lowest BCUT2D eigenvalue weighted by Crippen LogP contribution is -2.33. The van der Waals surface area contributed by atoms with Gasteiger partial charge in [0.15, 0.2) is 0 Å². The number of hydrogen-bond acceptors (Lipinski definition) is 3. The van der Waals surface area contributed by atoms with Crippen LogP contribution in [-0.4, -0.2) is 31.0 Å². The first-order valence-corrected chi connectivity index (χ1v) is 7.07. The molecule has 2 aromatic carbocycles. The highest BCUT2D eigenvalue weighted by Crippen LogP contribution is 2.25. The monoisotopic (exact) mass is 319 g/mol. The summed E-state index contributed by atoms with van der Waals surface area (Å²) in [6, 6.07) is 19.0. The van der Waals surface area contributed by atoms with Gasteiger partial charge in [-0.05, 0) is 38.7 Å². The van der Waals surface area contributed by atoms with Crippen molar-refractivity contribution in [1.82, 2.24) is 4.90 Å². The Balaban J connectivity index is 0.00000242. The van der Waals surface area contributed by atoms with Crippen molar-refractivity contribution in [3.63, 3.8) is 0 Å². The van der Waals surface area contributed by atoms with Gasteiger partial charge in [0.25, 0.3) is 0 Å². The summed E-state index contributed by atoms with van der Waals surface area (Å²) in [5, 5.41) is 0. The van der Waals surface area contributed by atoms with E-state index in [0.717, 1.165) is 5.56 Å². The molecule has 0 aliphatic rings. The molecule has 0 aliphatic carbocycles. The van der Waals surface area contributed by atoms with Crippen molar-refractivity contribution in [2.24, 2.45) is 0 Å².